The quantitative estimate of drug-likeness (QED) is 0.657. The average Bonchev–Trinajstić information content (AvgIpc) is 3.14. The molecule has 0 aliphatic rings. The third-order valence-corrected chi connectivity index (χ3v) is 4.70. The second-order valence-electron chi connectivity index (χ2n) is 5.70. The van der Waals surface area contributed by atoms with Crippen molar-refractivity contribution in [3.8, 4) is 5.69 Å². The number of aromatic nitrogens is 2. The minimum atomic E-state index is -0.300. The lowest BCUT2D eigenvalue weighted by Crippen LogP contribution is -2.13. The van der Waals surface area contributed by atoms with Crippen LogP contribution in [0.3, 0.4) is 0 Å². The fourth-order valence-corrected chi connectivity index (χ4v) is 2.71. The van der Waals surface area contributed by atoms with E-state index < -0.39 is 0 Å². The number of rotatable bonds is 5. The Hall–Kier alpha value is -2.34. The van der Waals surface area contributed by atoms with Gasteiger partial charge in [-0.25, -0.2) is 4.68 Å². The molecule has 26 heavy (non-hydrogen) atoms. The number of nitrogens with zero attached hydrogens (tertiary/aromatic N) is 2. The summed E-state index contributed by atoms with van der Waals surface area (Å²) in [7, 11) is 1.64. The normalized spacial score (nSPS) is 12.0. The van der Waals surface area contributed by atoms with E-state index in [2.05, 4.69) is 10.4 Å². The van der Waals surface area contributed by atoms with Crippen molar-refractivity contribution in [2.75, 3.05) is 12.4 Å². The summed E-state index contributed by atoms with van der Waals surface area (Å²) >= 11 is 12.0. The van der Waals surface area contributed by atoms with Crippen LogP contribution >= 0.6 is 23.2 Å². The number of halogens is 2. The number of ether oxygens (including phenoxy) is 1. The summed E-state index contributed by atoms with van der Waals surface area (Å²) in [5.74, 6) is -0.300. The molecule has 0 aliphatic heterocycles. The Bertz CT molecular complexity index is 940. The molecule has 2 aromatic carbocycles. The van der Waals surface area contributed by atoms with E-state index in [1.54, 1.807) is 42.3 Å². The molecule has 0 radical (unpaired) electrons. The molecular weight excluding hydrogens is 373 g/mol. The molecule has 7 heteroatoms. The summed E-state index contributed by atoms with van der Waals surface area (Å²) in [5, 5.41) is 8.03. The topological polar surface area (TPSA) is 56.1 Å². The third-order valence-electron chi connectivity index (χ3n) is 3.96. The molecule has 1 N–H and O–H groups in total. The van der Waals surface area contributed by atoms with Crippen molar-refractivity contribution in [3.05, 3.63) is 76.0 Å². The second kappa shape index (κ2) is 7.91. The zero-order chi connectivity index (χ0) is 18.7. The molecule has 0 aliphatic carbocycles. The summed E-state index contributed by atoms with van der Waals surface area (Å²) in [5.41, 5.74) is 2.67. The van der Waals surface area contributed by atoms with Crippen molar-refractivity contribution < 1.29 is 9.53 Å². The van der Waals surface area contributed by atoms with Crippen molar-refractivity contribution in [2.45, 2.75) is 13.0 Å². The average molecular weight is 390 g/mol. The van der Waals surface area contributed by atoms with Crippen LogP contribution in [0.2, 0.25) is 10.0 Å². The first-order valence-electron chi connectivity index (χ1n) is 7.93. The van der Waals surface area contributed by atoms with E-state index in [9.17, 15) is 4.79 Å². The molecule has 0 saturated carbocycles. The van der Waals surface area contributed by atoms with Gasteiger partial charge in [0, 0.05) is 19.0 Å². The van der Waals surface area contributed by atoms with E-state index in [1.807, 2.05) is 31.2 Å². The van der Waals surface area contributed by atoms with Crippen molar-refractivity contribution in [2.24, 2.45) is 0 Å². The molecule has 3 aromatic rings. The molecule has 0 saturated heterocycles. The molecule has 1 aromatic heterocycles. The molecule has 134 valence electrons. The monoisotopic (exact) mass is 389 g/mol. The molecule has 0 spiro atoms. The SMILES string of the molecule is COC(C)c1cccc(NC(=O)c2ccn(-c3ccc(Cl)c(Cl)c3)n2)c1. The molecule has 5 nitrogen and oxygen atoms in total. The molecular formula is C19H17Cl2N3O2. The van der Waals surface area contributed by atoms with Crippen molar-refractivity contribution in [1.82, 2.24) is 9.78 Å². The lowest BCUT2D eigenvalue weighted by atomic mass is 10.1. The van der Waals surface area contributed by atoms with Gasteiger partial charge in [0.1, 0.15) is 0 Å². The third kappa shape index (κ3) is 4.07. The number of carbonyl (C=O) groups excluding carboxylic acids is 1. The fraction of sp³-hybridized carbons (Fsp3) is 0.158. The number of hydrogen-bond donors (Lipinski definition) is 1. The van der Waals surface area contributed by atoms with Gasteiger partial charge in [-0.05, 0) is 48.9 Å². The Balaban J connectivity index is 1.77. The van der Waals surface area contributed by atoms with E-state index >= 15 is 0 Å². The highest BCUT2D eigenvalue weighted by Crippen LogP contribution is 2.24. The first-order valence-corrected chi connectivity index (χ1v) is 8.68. The van der Waals surface area contributed by atoms with Gasteiger partial charge >= 0.3 is 0 Å². The highest BCUT2D eigenvalue weighted by atomic mass is 35.5. The molecule has 0 bridgehead atoms. The summed E-state index contributed by atoms with van der Waals surface area (Å²) in [6, 6.07) is 14.3. The van der Waals surface area contributed by atoms with Gasteiger partial charge in [-0.2, -0.15) is 5.10 Å². The molecule has 1 unspecified atom stereocenters. The van der Waals surface area contributed by atoms with Crippen molar-refractivity contribution in [3.63, 3.8) is 0 Å². The Morgan fingerprint density at radius 3 is 2.69 bits per heavy atom. The maximum Gasteiger partial charge on any atom is 0.276 e. The molecule has 1 atom stereocenters. The fourth-order valence-electron chi connectivity index (χ4n) is 2.42. The van der Waals surface area contributed by atoms with Gasteiger partial charge in [-0.15, -0.1) is 0 Å². The van der Waals surface area contributed by atoms with Gasteiger partial charge in [-0.3, -0.25) is 4.79 Å². The highest BCUT2D eigenvalue weighted by molar-refractivity contribution is 6.42. The van der Waals surface area contributed by atoms with Gasteiger partial charge in [0.15, 0.2) is 5.69 Å². The molecule has 1 amide bonds. The highest BCUT2D eigenvalue weighted by Gasteiger charge is 2.12. The number of methoxy groups -OCH3 is 1. The van der Waals surface area contributed by atoms with Gasteiger partial charge in [0.2, 0.25) is 0 Å². The Labute approximate surface area is 161 Å². The van der Waals surface area contributed by atoms with Crippen LogP contribution in [-0.2, 0) is 4.74 Å². The van der Waals surface area contributed by atoms with Crippen molar-refractivity contribution in [1.29, 1.82) is 0 Å². The zero-order valence-electron chi connectivity index (χ0n) is 14.2. The first kappa shape index (κ1) is 18.5. The molecule has 3 rings (SSSR count). The van der Waals surface area contributed by atoms with Gasteiger partial charge in [0.05, 0.1) is 21.8 Å². The lowest BCUT2D eigenvalue weighted by molar-refractivity contribution is 0.102. The Kier molecular flexibility index (Phi) is 5.61. The molecule has 1 heterocycles. The molecule has 0 fully saturated rings. The predicted octanol–water partition coefficient (Wildman–Crippen LogP) is 5.14. The van der Waals surface area contributed by atoms with Crippen molar-refractivity contribution >= 4 is 34.8 Å². The summed E-state index contributed by atoms with van der Waals surface area (Å²) in [6.07, 6.45) is 1.64. The van der Waals surface area contributed by atoms with Crippen LogP contribution in [-0.4, -0.2) is 22.8 Å². The smallest absolute Gasteiger partial charge is 0.276 e. The van der Waals surface area contributed by atoms with Gasteiger partial charge in [0.25, 0.3) is 5.91 Å². The van der Waals surface area contributed by atoms with Crippen LogP contribution < -0.4 is 5.32 Å². The number of anilines is 1. The maximum atomic E-state index is 12.5. The predicted molar refractivity (Wildman–Crippen MR) is 103 cm³/mol. The summed E-state index contributed by atoms with van der Waals surface area (Å²) in [6.45, 7) is 1.94. The zero-order valence-corrected chi connectivity index (χ0v) is 15.8. The van der Waals surface area contributed by atoms with Gasteiger partial charge < -0.3 is 10.1 Å². The largest absolute Gasteiger partial charge is 0.377 e. The van der Waals surface area contributed by atoms with E-state index in [1.165, 1.54) is 0 Å². The Morgan fingerprint density at radius 1 is 1.15 bits per heavy atom. The summed E-state index contributed by atoms with van der Waals surface area (Å²) in [4.78, 5) is 12.5. The lowest BCUT2D eigenvalue weighted by Gasteiger charge is -2.11. The van der Waals surface area contributed by atoms with Crippen LogP contribution in [0.15, 0.2) is 54.7 Å². The van der Waals surface area contributed by atoms with Crippen LogP contribution in [0.4, 0.5) is 5.69 Å². The van der Waals surface area contributed by atoms with Crippen LogP contribution in [0, 0.1) is 0 Å². The standard InChI is InChI=1S/C19H17Cl2N3O2/c1-12(26-2)13-4-3-5-14(10-13)22-19(25)18-8-9-24(23-18)15-6-7-16(20)17(21)11-15/h3-12H,1-2H3,(H,22,25). The summed E-state index contributed by atoms with van der Waals surface area (Å²) < 4.78 is 6.87. The second-order valence-corrected chi connectivity index (χ2v) is 6.52. The van der Waals surface area contributed by atoms with Gasteiger partial charge in [-0.1, -0.05) is 35.3 Å². The van der Waals surface area contributed by atoms with E-state index in [-0.39, 0.29) is 12.0 Å². The van der Waals surface area contributed by atoms with E-state index in [0.717, 1.165) is 11.3 Å². The Morgan fingerprint density at radius 2 is 1.96 bits per heavy atom. The van der Waals surface area contributed by atoms with Crippen LogP contribution in [0.1, 0.15) is 29.1 Å². The number of nitrogens with one attached hydrogen (secondary N) is 1. The minimum absolute atomic E-state index is 0.0549. The minimum Gasteiger partial charge on any atom is -0.377 e. The number of benzene rings is 2. The van der Waals surface area contributed by atoms with E-state index in [0.29, 0.717) is 21.4 Å². The van der Waals surface area contributed by atoms with E-state index in [4.69, 9.17) is 27.9 Å². The first-order chi connectivity index (χ1) is 12.5. The van der Waals surface area contributed by atoms with Crippen LogP contribution in [0.5, 0.6) is 0 Å². The van der Waals surface area contributed by atoms with Crippen LogP contribution in [0.25, 0.3) is 5.69 Å². The number of amides is 1. The maximum absolute atomic E-state index is 12.5. The number of hydrogen-bond acceptors (Lipinski definition) is 3. The number of carbonyl (C=O) groups is 1.